The number of hydrogen-bond acceptors (Lipinski definition) is 4. The van der Waals surface area contributed by atoms with Gasteiger partial charge in [0, 0.05) is 18.9 Å². The first-order valence-electron chi connectivity index (χ1n) is 4.22. The molecule has 0 N–H and O–H groups in total. The number of hydrogen-bond donors (Lipinski definition) is 0. The summed E-state index contributed by atoms with van der Waals surface area (Å²) in [6.45, 7) is 0.582. The summed E-state index contributed by atoms with van der Waals surface area (Å²) in [5.41, 5.74) is 1.07. The normalized spacial score (nSPS) is 10.2. The fraction of sp³-hybridized carbons (Fsp3) is 0.556. The summed E-state index contributed by atoms with van der Waals surface area (Å²) in [6, 6.07) is 0. The Balaban J connectivity index is 2.35. The lowest BCUT2D eigenvalue weighted by molar-refractivity contribution is -0.107. The molecule has 3 nitrogen and oxygen atoms in total. The Morgan fingerprint density at radius 3 is 3.23 bits per heavy atom. The molecule has 4 heteroatoms. The van der Waals surface area contributed by atoms with Crippen LogP contribution in [-0.2, 0) is 22.6 Å². The van der Waals surface area contributed by atoms with Gasteiger partial charge >= 0.3 is 0 Å². The van der Waals surface area contributed by atoms with E-state index in [9.17, 15) is 4.79 Å². The highest BCUT2D eigenvalue weighted by Gasteiger charge is 2.00. The van der Waals surface area contributed by atoms with Crippen molar-refractivity contribution in [2.75, 3.05) is 7.11 Å². The Morgan fingerprint density at radius 1 is 1.69 bits per heavy atom. The van der Waals surface area contributed by atoms with Crippen LogP contribution in [0.3, 0.4) is 0 Å². The molecule has 0 spiro atoms. The van der Waals surface area contributed by atoms with Crippen molar-refractivity contribution in [2.24, 2.45) is 0 Å². The zero-order valence-electron chi connectivity index (χ0n) is 7.66. The fourth-order valence-electron chi connectivity index (χ4n) is 1.02. The first-order valence-corrected chi connectivity index (χ1v) is 5.10. The molecule has 13 heavy (non-hydrogen) atoms. The van der Waals surface area contributed by atoms with Crippen molar-refractivity contribution >= 4 is 17.6 Å². The van der Waals surface area contributed by atoms with E-state index in [1.54, 1.807) is 18.4 Å². The van der Waals surface area contributed by atoms with E-state index < -0.39 is 0 Å². The molecule has 0 saturated heterocycles. The van der Waals surface area contributed by atoms with E-state index in [4.69, 9.17) is 4.74 Å². The molecule has 0 bridgehead atoms. The van der Waals surface area contributed by atoms with Gasteiger partial charge in [0.15, 0.2) is 0 Å². The van der Waals surface area contributed by atoms with Crippen LogP contribution in [0.2, 0.25) is 0 Å². The van der Waals surface area contributed by atoms with Gasteiger partial charge in [0.2, 0.25) is 0 Å². The lowest BCUT2D eigenvalue weighted by atomic mass is 10.2. The van der Waals surface area contributed by atoms with E-state index in [2.05, 4.69) is 4.98 Å². The molecule has 1 aromatic rings. The zero-order valence-corrected chi connectivity index (χ0v) is 8.47. The highest BCUT2D eigenvalue weighted by molar-refractivity contribution is 7.09. The second-order valence-electron chi connectivity index (χ2n) is 2.72. The zero-order chi connectivity index (χ0) is 9.52. The molecule has 0 unspecified atom stereocenters. The fourth-order valence-corrected chi connectivity index (χ4v) is 1.82. The maximum absolute atomic E-state index is 10.1. The third kappa shape index (κ3) is 3.65. The number of aryl methyl sites for hydroxylation is 1. The molecule has 0 aromatic carbocycles. The molecule has 0 aliphatic rings. The summed E-state index contributed by atoms with van der Waals surface area (Å²) in [6.07, 6.45) is 3.35. The molecule has 1 heterocycles. The van der Waals surface area contributed by atoms with Crippen LogP contribution in [0.4, 0.5) is 0 Å². The highest BCUT2D eigenvalue weighted by Crippen LogP contribution is 2.12. The average molecular weight is 199 g/mol. The van der Waals surface area contributed by atoms with Gasteiger partial charge in [0.25, 0.3) is 0 Å². The van der Waals surface area contributed by atoms with Crippen molar-refractivity contribution < 1.29 is 9.53 Å². The minimum absolute atomic E-state index is 0.582. The van der Waals surface area contributed by atoms with Crippen molar-refractivity contribution in [2.45, 2.75) is 25.9 Å². The van der Waals surface area contributed by atoms with Crippen LogP contribution in [0.1, 0.15) is 23.5 Å². The molecule has 0 fully saturated rings. The Labute approximate surface area is 81.8 Å². The van der Waals surface area contributed by atoms with E-state index in [0.717, 1.165) is 29.8 Å². The smallest absolute Gasteiger partial charge is 0.120 e. The van der Waals surface area contributed by atoms with E-state index in [-0.39, 0.29) is 0 Å². The van der Waals surface area contributed by atoms with Crippen LogP contribution >= 0.6 is 11.3 Å². The molecule has 0 saturated carbocycles. The molecule has 1 rings (SSSR count). The Hall–Kier alpha value is -0.740. The number of ether oxygens (including phenoxy) is 1. The van der Waals surface area contributed by atoms with Gasteiger partial charge in [-0.2, -0.15) is 0 Å². The van der Waals surface area contributed by atoms with Gasteiger partial charge in [0.1, 0.15) is 11.3 Å². The summed E-state index contributed by atoms with van der Waals surface area (Å²) < 4.78 is 4.96. The van der Waals surface area contributed by atoms with E-state index in [1.807, 2.05) is 5.38 Å². The number of thiazole rings is 1. The molecule has 0 amide bonds. The van der Waals surface area contributed by atoms with Crippen molar-refractivity contribution in [1.29, 1.82) is 0 Å². The molecular formula is C9H13NO2S. The van der Waals surface area contributed by atoms with Crippen LogP contribution in [-0.4, -0.2) is 18.4 Å². The molecular weight excluding hydrogens is 186 g/mol. The summed E-state index contributed by atoms with van der Waals surface area (Å²) >= 11 is 1.61. The second-order valence-corrected chi connectivity index (χ2v) is 3.67. The van der Waals surface area contributed by atoms with E-state index >= 15 is 0 Å². The van der Waals surface area contributed by atoms with Crippen LogP contribution < -0.4 is 0 Å². The largest absolute Gasteiger partial charge is 0.378 e. The van der Waals surface area contributed by atoms with Gasteiger partial charge < -0.3 is 9.53 Å². The van der Waals surface area contributed by atoms with Gasteiger partial charge in [-0.25, -0.2) is 4.98 Å². The number of carbonyl (C=O) groups excluding carboxylic acids is 1. The van der Waals surface area contributed by atoms with Crippen LogP contribution in [0.5, 0.6) is 0 Å². The second kappa shape index (κ2) is 5.83. The molecule has 0 atom stereocenters. The Morgan fingerprint density at radius 2 is 2.54 bits per heavy atom. The third-order valence-corrected chi connectivity index (χ3v) is 2.49. The first kappa shape index (κ1) is 10.3. The van der Waals surface area contributed by atoms with E-state index in [1.165, 1.54) is 0 Å². The van der Waals surface area contributed by atoms with Gasteiger partial charge in [-0.3, -0.25) is 0 Å². The van der Waals surface area contributed by atoms with Crippen molar-refractivity contribution in [1.82, 2.24) is 4.98 Å². The SMILES string of the molecule is COCc1nc(CCCC=O)cs1. The monoisotopic (exact) mass is 199 g/mol. The molecule has 0 radical (unpaired) electrons. The standard InChI is InChI=1S/C9H13NO2S/c1-12-6-9-10-8(7-13-9)4-2-3-5-11/h5,7H,2-4,6H2,1H3. The van der Waals surface area contributed by atoms with Crippen molar-refractivity contribution in [3.05, 3.63) is 16.1 Å². The number of methoxy groups -OCH3 is 1. The van der Waals surface area contributed by atoms with Crippen LogP contribution in [0, 0.1) is 0 Å². The Bertz CT molecular complexity index is 260. The van der Waals surface area contributed by atoms with Crippen molar-refractivity contribution in [3.8, 4) is 0 Å². The van der Waals surface area contributed by atoms with Gasteiger partial charge in [0.05, 0.1) is 12.3 Å². The number of aldehydes is 1. The maximum Gasteiger partial charge on any atom is 0.120 e. The molecule has 0 aliphatic carbocycles. The summed E-state index contributed by atoms with van der Waals surface area (Å²) in [4.78, 5) is 14.4. The average Bonchev–Trinajstić information content (AvgIpc) is 2.54. The third-order valence-electron chi connectivity index (χ3n) is 1.62. The molecule has 72 valence electrons. The number of rotatable bonds is 6. The minimum Gasteiger partial charge on any atom is -0.378 e. The Kier molecular flexibility index (Phi) is 4.64. The predicted octanol–water partition coefficient (Wildman–Crippen LogP) is 1.81. The summed E-state index contributed by atoms with van der Waals surface area (Å²) in [5.74, 6) is 0. The van der Waals surface area contributed by atoms with Gasteiger partial charge in [-0.1, -0.05) is 0 Å². The first-order chi connectivity index (χ1) is 6.36. The summed E-state index contributed by atoms with van der Waals surface area (Å²) in [5, 5.41) is 3.03. The topological polar surface area (TPSA) is 39.2 Å². The van der Waals surface area contributed by atoms with Gasteiger partial charge in [-0.15, -0.1) is 11.3 Å². The number of unbranched alkanes of at least 4 members (excludes halogenated alkanes) is 1. The summed E-state index contributed by atoms with van der Waals surface area (Å²) in [7, 11) is 1.66. The minimum atomic E-state index is 0.582. The molecule has 1 aromatic heterocycles. The highest BCUT2D eigenvalue weighted by atomic mass is 32.1. The number of aromatic nitrogens is 1. The lowest BCUT2D eigenvalue weighted by Crippen LogP contribution is -1.89. The number of nitrogens with zero attached hydrogens (tertiary/aromatic N) is 1. The van der Waals surface area contributed by atoms with E-state index in [0.29, 0.717) is 13.0 Å². The predicted molar refractivity (Wildman–Crippen MR) is 51.8 cm³/mol. The van der Waals surface area contributed by atoms with Crippen molar-refractivity contribution in [3.63, 3.8) is 0 Å². The molecule has 0 aliphatic heterocycles. The van der Waals surface area contributed by atoms with Gasteiger partial charge in [-0.05, 0) is 12.8 Å². The van der Waals surface area contributed by atoms with Crippen LogP contribution in [0.25, 0.3) is 0 Å². The quantitative estimate of drug-likeness (QED) is 0.518. The lowest BCUT2D eigenvalue weighted by Gasteiger charge is -1.92. The van der Waals surface area contributed by atoms with Crippen LogP contribution in [0.15, 0.2) is 5.38 Å². The maximum atomic E-state index is 10.1. The number of carbonyl (C=O) groups is 1.